The number of hydrogen-bond acceptors (Lipinski definition) is 6. The zero-order valence-electron chi connectivity index (χ0n) is 19.4. The van der Waals surface area contributed by atoms with Gasteiger partial charge in [0.1, 0.15) is 28.5 Å². The molecule has 2 saturated heterocycles. The average molecular weight is 488 g/mol. The van der Waals surface area contributed by atoms with Crippen LogP contribution in [0.25, 0.3) is 5.52 Å². The Balaban J connectivity index is 1.56. The average Bonchev–Trinajstić information content (AvgIpc) is 3.36. The van der Waals surface area contributed by atoms with Gasteiger partial charge in [0, 0.05) is 49.5 Å². The molecule has 2 aliphatic rings. The Morgan fingerprint density at radius 2 is 2.18 bits per heavy atom. The quantitative estimate of drug-likeness (QED) is 0.590. The predicted molar refractivity (Wildman–Crippen MR) is 126 cm³/mol. The lowest BCUT2D eigenvalue weighted by atomic mass is 9.79. The number of fused-ring (bicyclic) bond motifs is 1. The molecule has 0 aliphatic carbocycles. The number of nitrogens with zero attached hydrogens (tertiary/aromatic N) is 4. The molecular weight excluding hydrogens is 461 g/mol. The molecule has 1 amide bonds. The molecule has 0 unspecified atom stereocenters. The number of nitrogen functional groups attached to an aromatic ring is 1. The molecule has 34 heavy (non-hydrogen) atoms. The molecule has 2 N–H and O–H groups in total. The zero-order chi connectivity index (χ0) is 24.2. The van der Waals surface area contributed by atoms with E-state index in [1.165, 1.54) is 6.07 Å². The lowest BCUT2D eigenvalue weighted by molar-refractivity contribution is -0.000279. The summed E-state index contributed by atoms with van der Waals surface area (Å²) >= 11 is 6.29. The van der Waals surface area contributed by atoms with E-state index in [-0.39, 0.29) is 34.3 Å². The van der Waals surface area contributed by atoms with Crippen LogP contribution in [0.4, 0.5) is 10.2 Å². The number of aromatic nitrogens is 3. The van der Waals surface area contributed by atoms with E-state index >= 15 is 4.39 Å². The summed E-state index contributed by atoms with van der Waals surface area (Å²) in [6.07, 6.45) is 4.25. The van der Waals surface area contributed by atoms with Crippen molar-refractivity contribution in [1.29, 1.82) is 0 Å². The number of imidazole rings is 1. The molecule has 0 radical (unpaired) electrons. The van der Waals surface area contributed by atoms with Crippen LogP contribution in [0.2, 0.25) is 5.02 Å². The lowest BCUT2D eigenvalue weighted by Crippen LogP contribution is -2.59. The summed E-state index contributed by atoms with van der Waals surface area (Å²) in [5, 5.41) is -0.132. The van der Waals surface area contributed by atoms with E-state index in [2.05, 4.69) is 9.97 Å². The van der Waals surface area contributed by atoms with Crippen LogP contribution >= 0.6 is 11.6 Å². The van der Waals surface area contributed by atoms with Crippen LogP contribution in [0.3, 0.4) is 0 Å². The third-order valence-corrected chi connectivity index (χ3v) is 6.80. The van der Waals surface area contributed by atoms with Crippen LogP contribution in [0, 0.1) is 18.2 Å². The minimum atomic E-state index is -0.771. The molecule has 5 rings (SSSR count). The van der Waals surface area contributed by atoms with Crippen LogP contribution in [-0.4, -0.2) is 57.6 Å². The number of benzene rings is 1. The molecule has 2 aromatic heterocycles. The Kier molecular flexibility index (Phi) is 5.64. The molecular formula is C24H27ClFN5O3. The van der Waals surface area contributed by atoms with Gasteiger partial charge in [-0.15, -0.1) is 0 Å². The van der Waals surface area contributed by atoms with Gasteiger partial charge in [-0.1, -0.05) is 11.6 Å². The number of amides is 1. The summed E-state index contributed by atoms with van der Waals surface area (Å²) in [6.45, 7) is 7.90. The van der Waals surface area contributed by atoms with Crippen LogP contribution < -0.4 is 10.5 Å². The van der Waals surface area contributed by atoms with Crippen LogP contribution in [0.1, 0.15) is 47.7 Å². The van der Waals surface area contributed by atoms with Gasteiger partial charge in [0.2, 0.25) is 0 Å². The van der Waals surface area contributed by atoms with Gasteiger partial charge in [0.25, 0.3) is 5.91 Å². The highest BCUT2D eigenvalue weighted by Gasteiger charge is 2.48. The second-order valence-corrected chi connectivity index (χ2v) is 9.89. The Labute approximate surface area is 201 Å². The standard InChI is InChI=1S/C24H27ClFN5O3/c1-13(2)34-21-15(9-17-29-14(3)20-22(27)28-5-6-31(17)20)8-16(25)19(26)18(21)23(32)30-10-24(11-30)4-7-33-12-24/h5-6,8,13H,4,7,9-12H2,1-3H3,(H2,27,28). The number of hydrogen-bond donors (Lipinski definition) is 1. The van der Waals surface area contributed by atoms with Crippen molar-refractivity contribution < 1.29 is 18.7 Å². The van der Waals surface area contributed by atoms with Crippen molar-refractivity contribution in [2.24, 2.45) is 5.41 Å². The largest absolute Gasteiger partial charge is 0.490 e. The number of rotatable bonds is 5. The SMILES string of the molecule is Cc1nc(Cc2cc(Cl)c(F)c(C(=O)N3CC4(CCOC4)C3)c2OC(C)C)n2ccnc(N)c12. The van der Waals surface area contributed by atoms with Crippen molar-refractivity contribution in [3.8, 4) is 5.75 Å². The second kappa shape index (κ2) is 8.39. The molecule has 1 spiro atoms. The van der Waals surface area contributed by atoms with E-state index in [1.54, 1.807) is 17.3 Å². The summed E-state index contributed by atoms with van der Waals surface area (Å²) in [4.78, 5) is 23.9. The van der Waals surface area contributed by atoms with Crippen molar-refractivity contribution >= 4 is 28.8 Å². The van der Waals surface area contributed by atoms with Gasteiger partial charge in [-0.3, -0.25) is 9.20 Å². The summed E-state index contributed by atoms with van der Waals surface area (Å²) in [5.41, 5.74) is 7.89. The van der Waals surface area contributed by atoms with Crippen LogP contribution in [0.5, 0.6) is 5.75 Å². The normalized spacial score (nSPS) is 17.1. The maximum atomic E-state index is 15.4. The number of aryl methyl sites for hydroxylation is 1. The monoisotopic (exact) mass is 487 g/mol. The fourth-order valence-electron chi connectivity index (χ4n) is 4.93. The van der Waals surface area contributed by atoms with Crippen molar-refractivity contribution in [1.82, 2.24) is 19.3 Å². The molecule has 2 fully saturated rings. The summed E-state index contributed by atoms with van der Waals surface area (Å²) in [7, 11) is 0. The summed E-state index contributed by atoms with van der Waals surface area (Å²) in [5.74, 6) is 0.0246. The third kappa shape index (κ3) is 3.76. The molecule has 3 aromatic rings. The first-order chi connectivity index (χ1) is 16.2. The third-order valence-electron chi connectivity index (χ3n) is 6.52. The Bertz CT molecular complexity index is 1280. The number of carbonyl (C=O) groups excluding carboxylic acids is 1. The van der Waals surface area contributed by atoms with Gasteiger partial charge < -0.3 is 20.1 Å². The predicted octanol–water partition coefficient (Wildman–Crippen LogP) is 3.65. The van der Waals surface area contributed by atoms with Gasteiger partial charge in [0.15, 0.2) is 5.82 Å². The first-order valence-corrected chi connectivity index (χ1v) is 11.7. The number of halogens is 2. The van der Waals surface area contributed by atoms with Crippen molar-refractivity contribution in [2.45, 2.75) is 39.7 Å². The fraction of sp³-hybridized carbons (Fsp3) is 0.458. The topological polar surface area (TPSA) is 95.0 Å². The van der Waals surface area contributed by atoms with Gasteiger partial charge >= 0.3 is 0 Å². The summed E-state index contributed by atoms with van der Waals surface area (Å²) < 4.78 is 28.7. The van der Waals surface area contributed by atoms with Crippen LogP contribution in [-0.2, 0) is 11.2 Å². The van der Waals surface area contributed by atoms with E-state index in [0.717, 1.165) is 12.1 Å². The molecule has 0 atom stereocenters. The molecule has 10 heteroatoms. The molecule has 8 nitrogen and oxygen atoms in total. The van der Waals surface area contributed by atoms with Gasteiger partial charge in [0.05, 0.1) is 23.4 Å². The van der Waals surface area contributed by atoms with Gasteiger partial charge in [-0.05, 0) is 33.3 Å². The van der Waals surface area contributed by atoms with Crippen LogP contribution in [0.15, 0.2) is 18.5 Å². The highest BCUT2D eigenvalue weighted by Crippen LogP contribution is 2.41. The number of carbonyl (C=O) groups is 1. The zero-order valence-corrected chi connectivity index (χ0v) is 20.2. The summed E-state index contributed by atoms with van der Waals surface area (Å²) in [6, 6.07) is 1.51. The van der Waals surface area contributed by atoms with E-state index in [0.29, 0.717) is 49.0 Å². The van der Waals surface area contributed by atoms with Crippen molar-refractivity contribution in [3.05, 3.63) is 51.9 Å². The highest BCUT2D eigenvalue weighted by atomic mass is 35.5. The van der Waals surface area contributed by atoms with E-state index < -0.39 is 11.7 Å². The molecule has 0 bridgehead atoms. The Morgan fingerprint density at radius 1 is 1.41 bits per heavy atom. The van der Waals surface area contributed by atoms with Crippen molar-refractivity contribution in [3.63, 3.8) is 0 Å². The van der Waals surface area contributed by atoms with E-state index in [9.17, 15) is 4.79 Å². The first kappa shape index (κ1) is 22.9. The van der Waals surface area contributed by atoms with Gasteiger partial charge in [-0.2, -0.15) is 0 Å². The van der Waals surface area contributed by atoms with Gasteiger partial charge in [-0.25, -0.2) is 14.4 Å². The van der Waals surface area contributed by atoms with Crippen molar-refractivity contribution in [2.75, 3.05) is 32.0 Å². The highest BCUT2D eigenvalue weighted by molar-refractivity contribution is 6.31. The fourth-order valence-corrected chi connectivity index (χ4v) is 5.15. The molecule has 0 saturated carbocycles. The number of anilines is 1. The van der Waals surface area contributed by atoms with E-state index in [1.807, 2.05) is 25.2 Å². The second-order valence-electron chi connectivity index (χ2n) is 9.49. The maximum absolute atomic E-state index is 15.4. The maximum Gasteiger partial charge on any atom is 0.260 e. The molecule has 4 heterocycles. The molecule has 2 aliphatic heterocycles. The lowest BCUT2D eigenvalue weighted by Gasteiger charge is -2.47. The number of ether oxygens (including phenoxy) is 2. The smallest absolute Gasteiger partial charge is 0.260 e. The minimum Gasteiger partial charge on any atom is -0.490 e. The Morgan fingerprint density at radius 3 is 2.85 bits per heavy atom. The molecule has 180 valence electrons. The number of likely N-dealkylation sites (tertiary alicyclic amines) is 1. The minimum absolute atomic E-state index is 0.0210. The first-order valence-electron chi connectivity index (χ1n) is 11.3. The number of nitrogens with two attached hydrogens (primary N) is 1. The molecule has 1 aromatic carbocycles. The van der Waals surface area contributed by atoms with E-state index in [4.69, 9.17) is 26.8 Å². The Hall–Kier alpha value is -2.91.